The smallest absolute Gasteiger partial charge is 0.0743 e. The summed E-state index contributed by atoms with van der Waals surface area (Å²) in [6.07, 6.45) is 5.59. The Hall–Kier alpha value is -1.77. The lowest BCUT2D eigenvalue weighted by Crippen LogP contribution is -2.08. The van der Waals surface area contributed by atoms with E-state index in [1.807, 2.05) is 18.2 Å². The minimum absolute atomic E-state index is 0.595. The zero-order valence-electron chi connectivity index (χ0n) is 10.7. The van der Waals surface area contributed by atoms with Gasteiger partial charge < -0.3 is 11.1 Å². The van der Waals surface area contributed by atoms with E-state index < -0.39 is 0 Å². The van der Waals surface area contributed by atoms with Crippen LogP contribution in [0.3, 0.4) is 0 Å². The number of hydrogen-bond donors (Lipinski definition) is 2. The van der Waals surface area contributed by atoms with Crippen molar-refractivity contribution in [2.75, 3.05) is 11.1 Å². The highest BCUT2D eigenvalue weighted by Gasteiger charge is 2.36. The second kappa shape index (κ2) is 4.48. The van der Waals surface area contributed by atoms with E-state index in [2.05, 4.69) is 23.3 Å². The molecule has 1 aromatic heterocycles. The van der Waals surface area contributed by atoms with E-state index >= 15 is 0 Å². The monoisotopic (exact) mass is 241 g/mol. The molecule has 18 heavy (non-hydrogen) atoms. The molecule has 1 saturated carbocycles. The average Bonchev–Trinajstić information content (AvgIpc) is 3.12. The van der Waals surface area contributed by atoms with Crippen LogP contribution in [0.15, 0.2) is 30.5 Å². The SMILES string of the molecule is CCCC1CC1Nc1c(N)cnc2ccccc12. The van der Waals surface area contributed by atoms with Crippen LogP contribution in [0, 0.1) is 5.92 Å². The number of benzene rings is 1. The topological polar surface area (TPSA) is 50.9 Å². The first kappa shape index (κ1) is 11.3. The van der Waals surface area contributed by atoms with Gasteiger partial charge in [-0.15, -0.1) is 0 Å². The summed E-state index contributed by atoms with van der Waals surface area (Å²) in [6.45, 7) is 2.24. The molecule has 3 heteroatoms. The molecular weight excluding hydrogens is 222 g/mol. The predicted octanol–water partition coefficient (Wildman–Crippen LogP) is 3.42. The van der Waals surface area contributed by atoms with Crippen molar-refractivity contribution < 1.29 is 0 Å². The summed E-state index contributed by atoms with van der Waals surface area (Å²) < 4.78 is 0. The van der Waals surface area contributed by atoms with Crippen molar-refractivity contribution in [1.29, 1.82) is 0 Å². The highest BCUT2D eigenvalue weighted by molar-refractivity contribution is 5.97. The molecule has 1 fully saturated rings. The molecule has 94 valence electrons. The summed E-state index contributed by atoms with van der Waals surface area (Å²) in [6, 6.07) is 8.74. The van der Waals surface area contributed by atoms with Crippen LogP contribution in [0.4, 0.5) is 11.4 Å². The lowest BCUT2D eigenvalue weighted by molar-refractivity contribution is 0.693. The van der Waals surface area contributed by atoms with E-state index in [4.69, 9.17) is 5.73 Å². The van der Waals surface area contributed by atoms with E-state index in [9.17, 15) is 0 Å². The van der Waals surface area contributed by atoms with Crippen LogP contribution in [-0.4, -0.2) is 11.0 Å². The molecule has 0 radical (unpaired) electrons. The maximum atomic E-state index is 6.06. The van der Waals surface area contributed by atoms with Gasteiger partial charge in [-0.2, -0.15) is 0 Å². The van der Waals surface area contributed by atoms with Gasteiger partial charge in [0.05, 0.1) is 23.1 Å². The van der Waals surface area contributed by atoms with Gasteiger partial charge in [-0.05, 0) is 24.8 Å². The quantitative estimate of drug-likeness (QED) is 0.862. The van der Waals surface area contributed by atoms with Gasteiger partial charge in [0.15, 0.2) is 0 Å². The molecule has 0 amide bonds. The molecule has 1 aliphatic carbocycles. The van der Waals surface area contributed by atoms with Crippen molar-refractivity contribution in [3.63, 3.8) is 0 Å². The number of hydrogen-bond acceptors (Lipinski definition) is 3. The Labute approximate surface area is 107 Å². The third-order valence-corrected chi connectivity index (χ3v) is 3.72. The Bertz CT molecular complexity index is 565. The van der Waals surface area contributed by atoms with E-state index in [1.54, 1.807) is 6.20 Å². The fraction of sp³-hybridized carbons (Fsp3) is 0.400. The molecule has 1 aliphatic rings. The average molecular weight is 241 g/mol. The second-order valence-electron chi connectivity index (χ2n) is 5.14. The van der Waals surface area contributed by atoms with Crippen LogP contribution in [0.2, 0.25) is 0 Å². The molecule has 1 aromatic carbocycles. The zero-order chi connectivity index (χ0) is 12.5. The van der Waals surface area contributed by atoms with Crippen LogP contribution >= 0.6 is 0 Å². The standard InChI is InChI=1S/C15H19N3/c1-2-5-10-8-14(10)18-15-11-6-3-4-7-13(11)17-9-12(15)16/h3-4,6-7,9-10,14H,2,5,8,16H2,1H3,(H,17,18). The van der Waals surface area contributed by atoms with E-state index in [1.165, 1.54) is 19.3 Å². The molecule has 1 heterocycles. The normalized spacial score (nSPS) is 22.1. The van der Waals surface area contributed by atoms with Gasteiger partial charge in [0.2, 0.25) is 0 Å². The summed E-state index contributed by atoms with van der Waals surface area (Å²) in [5.41, 5.74) is 8.86. The summed E-state index contributed by atoms with van der Waals surface area (Å²) >= 11 is 0. The van der Waals surface area contributed by atoms with Crippen molar-refractivity contribution >= 4 is 22.3 Å². The highest BCUT2D eigenvalue weighted by atomic mass is 15.0. The number of anilines is 2. The number of rotatable bonds is 4. The number of pyridine rings is 1. The minimum atomic E-state index is 0.595. The van der Waals surface area contributed by atoms with Gasteiger partial charge in [-0.1, -0.05) is 31.5 Å². The number of nitrogen functional groups attached to an aromatic ring is 1. The molecule has 0 spiro atoms. The number of para-hydroxylation sites is 1. The van der Waals surface area contributed by atoms with Gasteiger partial charge in [0, 0.05) is 11.4 Å². The number of nitrogens with zero attached hydrogens (tertiary/aromatic N) is 1. The summed E-state index contributed by atoms with van der Waals surface area (Å²) in [4.78, 5) is 4.36. The third-order valence-electron chi connectivity index (χ3n) is 3.72. The molecule has 3 rings (SSSR count). The fourth-order valence-corrected chi connectivity index (χ4v) is 2.62. The van der Waals surface area contributed by atoms with Crippen molar-refractivity contribution in [3.05, 3.63) is 30.5 Å². The van der Waals surface area contributed by atoms with Crippen molar-refractivity contribution in [2.24, 2.45) is 5.92 Å². The summed E-state index contributed by atoms with van der Waals surface area (Å²) in [7, 11) is 0. The predicted molar refractivity (Wildman–Crippen MR) is 76.6 cm³/mol. The highest BCUT2D eigenvalue weighted by Crippen LogP contribution is 2.39. The minimum Gasteiger partial charge on any atom is -0.396 e. The number of nitrogens with two attached hydrogens (primary N) is 1. The molecule has 3 nitrogen and oxygen atoms in total. The lowest BCUT2D eigenvalue weighted by Gasteiger charge is -2.12. The van der Waals surface area contributed by atoms with E-state index in [0.717, 1.165) is 28.2 Å². The molecule has 2 aromatic rings. The Kier molecular flexibility index (Phi) is 2.82. The number of aromatic nitrogens is 1. The van der Waals surface area contributed by atoms with Gasteiger partial charge in [0.1, 0.15) is 0 Å². The summed E-state index contributed by atoms with van der Waals surface area (Å²) in [5, 5.41) is 4.72. The van der Waals surface area contributed by atoms with Gasteiger partial charge >= 0.3 is 0 Å². The first-order valence-electron chi connectivity index (χ1n) is 6.69. The molecule has 3 N–H and O–H groups in total. The second-order valence-corrected chi connectivity index (χ2v) is 5.14. The fourth-order valence-electron chi connectivity index (χ4n) is 2.62. The Balaban J connectivity index is 1.89. The summed E-state index contributed by atoms with van der Waals surface area (Å²) in [5.74, 6) is 0.821. The first-order chi connectivity index (χ1) is 8.79. The first-order valence-corrected chi connectivity index (χ1v) is 6.69. The van der Waals surface area contributed by atoms with Crippen LogP contribution in [0.25, 0.3) is 10.9 Å². The molecule has 2 unspecified atom stereocenters. The maximum absolute atomic E-state index is 6.06. The van der Waals surface area contributed by atoms with Gasteiger partial charge in [-0.3, -0.25) is 4.98 Å². The van der Waals surface area contributed by atoms with E-state index in [-0.39, 0.29) is 0 Å². The largest absolute Gasteiger partial charge is 0.396 e. The van der Waals surface area contributed by atoms with Crippen LogP contribution < -0.4 is 11.1 Å². The molecular formula is C15H19N3. The maximum Gasteiger partial charge on any atom is 0.0743 e. The van der Waals surface area contributed by atoms with Crippen molar-refractivity contribution in [3.8, 4) is 0 Å². The molecule has 0 aliphatic heterocycles. The van der Waals surface area contributed by atoms with Crippen LogP contribution in [0.5, 0.6) is 0 Å². The number of fused-ring (bicyclic) bond motifs is 1. The molecule has 2 atom stereocenters. The Morgan fingerprint density at radius 3 is 3.06 bits per heavy atom. The number of nitrogens with one attached hydrogen (secondary N) is 1. The van der Waals surface area contributed by atoms with Crippen LogP contribution in [-0.2, 0) is 0 Å². The lowest BCUT2D eigenvalue weighted by atomic mass is 10.1. The Morgan fingerprint density at radius 1 is 1.39 bits per heavy atom. The third kappa shape index (κ3) is 2.01. The van der Waals surface area contributed by atoms with Gasteiger partial charge in [0.25, 0.3) is 0 Å². The van der Waals surface area contributed by atoms with Crippen molar-refractivity contribution in [1.82, 2.24) is 4.98 Å². The van der Waals surface area contributed by atoms with Crippen molar-refractivity contribution in [2.45, 2.75) is 32.2 Å². The zero-order valence-corrected chi connectivity index (χ0v) is 10.7. The van der Waals surface area contributed by atoms with Crippen LogP contribution in [0.1, 0.15) is 26.2 Å². The molecule has 0 bridgehead atoms. The Morgan fingerprint density at radius 2 is 2.22 bits per heavy atom. The van der Waals surface area contributed by atoms with E-state index in [0.29, 0.717) is 6.04 Å². The van der Waals surface area contributed by atoms with Gasteiger partial charge in [-0.25, -0.2) is 0 Å². The molecule has 0 saturated heterocycles.